The number of carbonyl (C=O) groups excluding carboxylic acids is 1. The zero-order chi connectivity index (χ0) is 16.9. The van der Waals surface area contributed by atoms with Gasteiger partial charge < -0.3 is 10.6 Å². The Labute approximate surface area is 140 Å². The number of nitro groups is 1. The van der Waals surface area contributed by atoms with E-state index in [0.29, 0.717) is 12.2 Å². The van der Waals surface area contributed by atoms with Crippen molar-refractivity contribution in [1.82, 2.24) is 0 Å². The highest BCUT2D eigenvalue weighted by Gasteiger charge is 2.13. The van der Waals surface area contributed by atoms with Gasteiger partial charge in [0.25, 0.3) is 5.69 Å². The molecule has 1 aliphatic rings. The zero-order valence-corrected chi connectivity index (χ0v) is 13.2. The summed E-state index contributed by atoms with van der Waals surface area (Å²) in [5, 5.41) is 16.8. The molecule has 0 unspecified atom stereocenters. The summed E-state index contributed by atoms with van der Waals surface area (Å²) in [4.78, 5) is 22.5. The van der Waals surface area contributed by atoms with Gasteiger partial charge in [0, 0.05) is 24.7 Å². The maximum atomic E-state index is 12.0. The fourth-order valence-corrected chi connectivity index (χ4v) is 2.97. The normalized spacial score (nSPS) is 12.5. The third kappa shape index (κ3) is 3.71. The molecule has 0 atom stereocenters. The van der Waals surface area contributed by atoms with E-state index in [1.54, 1.807) is 18.2 Å². The molecule has 0 aliphatic heterocycles. The molecule has 6 nitrogen and oxygen atoms in total. The summed E-state index contributed by atoms with van der Waals surface area (Å²) in [5.41, 5.74) is 3.92. The molecule has 1 aliphatic carbocycles. The molecule has 0 bridgehead atoms. The number of anilines is 2. The van der Waals surface area contributed by atoms with Crippen molar-refractivity contribution in [2.24, 2.45) is 0 Å². The zero-order valence-electron chi connectivity index (χ0n) is 13.2. The van der Waals surface area contributed by atoms with Crippen molar-refractivity contribution in [3.63, 3.8) is 0 Å². The van der Waals surface area contributed by atoms with Gasteiger partial charge in [-0.15, -0.1) is 0 Å². The number of aryl methyl sites for hydroxylation is 2. The van der Waals surface area contributed by atoms with E-state index < -0.39 is 4.92 Å². The van der Waals surface area contributed by atoms with Crippen LogP contribution in [0.25, 0.3) is 0 Å². The predicted octanol–water partition coefficient (Wildman–Crippen LogP) is 3.52. The van der Waals surface area contributed by atoms with E-state index in [0.717, 1.165) is 18.5 Å². The molecule has 0 spiro atoms. The number of rotatable bonds is 6. The number of nitrogens with one attached hydrogen (secondary N) is 2. The third-order valence-electron chi connectivity index (χ3n) is 4.15. The number of para-hydroxylation sites is 2. The lowest BCUT2D eigenvalue weighted by Crippen LogP contribution is -2.16. The van der Waals surface area contributed by atoms with Gasteiger partial charge in [-0.3, -0.25) is 14.9 Å². The van der Waals surface area contributed by atoms with Gasteiger partial charge in [0.2, 0.25) is 5.91 Å². The van der Waals surface area contributed by atoms with Crippen molar-refractivity contribution in [1.29, 1.82) is 0 Å². The van der Waals surface area contributed by atoms with Crippen molar-refractivity contribution in [2.75, 3.05) is 17.2 Å². The average Bonchev–Trinajstić information content (AvgIpc) is 3.03. The summed E-state index contributed by atoms with van der Waals surface area (Å²) in [6, 6.07) is 12.4. The molecule has 0 fully saturated rings. The van der Waals surface area contributed by atoms with Crippen LogP contribution in [0.15, 0.2) is 42.5 Å². The first-order valence-corrected chi connectivity index (χ1v) is 8.02. The molecule has 0 aromatic heterocycles. The minimum Gasteiger partial charge on any atom is -0.379 e. The topological polar surface area (TPSA) is 84.3 Å². The van der Waals surface area contributed by atoms with E-state index in [9.17, 15) is 14.9 Å². The summed E-state index contributed by atoms with van der Waals surface area (Å²) < 4.78 is 0. The number of nitrogens with zero attached hydrogens (tertiary/aromatic N) is 1. The second kappa shape index (κ2) is 7.12. The number of hydrogen-bond donors (Lipinski definition) is 2. The number of amides is 1. The summed E-state index contributed by atoms with van der Waals surface area (Å²) in [7, 11) is 0. The second-order valence-corrected chi connectivity index (χ2v) is 5.84. The van der Waals surface area contributed by atoms with Crippen LogP contribution in [-0.4, -0.2) is 17.4 Å². The highest BCUT2D eigenvalue weighted by atomic mass is 16.6. The fourth-order valence-electron chi connectivity index (χ4n) is 2.97. The van der Waals surface area contributed by atoms with Crippen LogP contribution in [0.3, 0.4) is 0 Å². The minimum absolute atomic E-state index is 0.0107. The molecule has 6 heteroatoms. The standard InChI is InChI=1S/C18H19N3O3/c22-18(20-15-9-8-13-4-3-5-14(13)12-15)10-11-19-16-6-1-2-7-17(16)21(23)24/h1-2,6-9,12,19H,3-5,10-11H2,(H,20,22). The Bertz CT molecular complexity index is 774. The molecule has 24 heavy (non-hydrogen) atoms. The van der Waals surface area contributed by atoms with E-state index in [1.165, 1.54) is 23.6 Å². The SMILES string of the molecule is O=C(CCNc1ccccc1[N+](=O)[O-])Nc1ccc2c(c1)CCC2. The number of fused-ring (bicyclic) bond motifs is 1. The second-order valence-electron chi connectivity index (χ2n) is 5.84. The van der Waals surface area contributed by atoms with Gasteiger partial charge in [0.15, 0.2) is 0 Å². The van der Waals surface area contributed by atoms with Crippen LogP contribution in [-0.2, 0) is 17.6 Å². The van der Waals surface area contributed by atoms with Crippen LogP contribution in [0.4, 0.5) is 17.1 Å². The molecule has 2 N–H and O–H groups in total. The molecule has 0 saturated carbocycles. The van der Waals surface area contributed by atoms with Crippen molar-refractivity contribution in [3.05, 3.63) is 63.7 Å². The van der Waals surface area contributed by atoms with E-state index in [4.69, 9.17) is 0 Å². The number of benzene rings is 2. The largest absolute Gasteiger partial charge is 0.379 e. The molecule has 2 aromatic carbocycles. The number of carbonyl (C=O) groups is 1. The molecule has 2 aromatic rings. The third-order valence-corrected chi connectivity index (χ3v) is 4.15. The van der Waals surface area contributed by atoms with Crippen LogP contribution in [0.1, 0.15) is 24.0 Å². The van der Waals surface area contributed by atoms with Crippen molar-refractivity contribution in [3.8, 4) is 0 Å². The lowest BCUT2D eigenvalue weighted by molar-refractivity contribution is -0.384. The predicted molar refractivity (Wildman–Crippen MR) is 93.3 cm³/mol. The summed E-state index contributed by atoms with van der Waals surface area (Å²) >= 11 is 0. The molecule has 0 saturated heterocycles. The summed E-state index contributed by atoms with van der Waals surface area (Å²) in [5.74, 6) is -0.112. The highest BCUT2D eigenvalue weighted by molar-refractivity contribution is 5.91. The Kier molecular flexibility index (Phi) is 4.74. The Morgan fingerprint density at radius 2 is 1.92 bits per heavy atom. The van der Waals surface area contributed by atoms with Gasteiger partial charge in [-0.1, -0.05) is 18.2 Å². The van der Waals surface area contributed by atoms with Gasteiger partial charge in [-0.2, -0.15) is 0 Å². The quantitative estimate of drug-likeness (QED) is 0.628. The molecular weight excluding hydrogens is 306 g/mol. The van der Waals surface area contributed by atoms with Gasteiger partial charge in [0.05, 0.1) is 4.92 Å². The Morgan fingerprint density at radius 1 is 1.12 bits per heavy atom. The highest BCUT2D eigenvalue weighted by Crippen LogP contribution is 2.25. The van der Waals surface area contributed by atoms with E-state index in [2.05, 4.69) is 16.7 Å². The smallest absolute Gasteiger partial charge is 0.292 e. The van der Waals surface area contributed by atoms with E-state index >= 15 is 0 Å². The van der Waals surface area contributed by atoms with Gasteiger partial charge in [-0.25, -0.2) is 0 Å². The van der Waals surface area contributed by atoms with Crippen molar-refractivity contribution >= 4 is 23.0 Å². The van der Waals surface area contributed by atoms with E-state index in [1.807, 2.05) is 12.1 Å². The average molecular weight is 325 g/mol. The Morgan fingerprint density at radius 3 is 2.75 bits per heavy atom. The molecule has 1 amide bonds. The van der Waals surface area contributed by atoms with Crippen LogP contribution in [0, 0.1) is 10.1 Å². The first kappa shape index (κ1) is 16.0. The fraction of sp³-hybridized carbons (Fsp3) is 0.278. The summed E-state index contributed by atoms with van der Waals surface area (Å²) in [6.07, 6.45) is 3.59. The molecule has 0 heterocycles. The van der Waals surface area contributed by atoms with Crippen LogP contribution in [0.2, 0.25) is 0 Å². The van der Waals surface area contributed by atoms with Gasteiger partial charge in [0.1, 0.15) is 5.69 Å². The monoisotopic (exact) mass is 325 g/mol. The van der Waals surface area contributed by atoms with Crippen LogP contribution >= 0.6 is 0 Å². The molecule has 3 rings (SSSR count). The lowest BCUT2D eigenvalue weighted by atomic mass is 10.1. The van der Waals surface area contributed by atoms with E-state index in [-0.39, 0.29) is 18.0 Å². The van der Waals surface area contributed by atoms with Crippen molar-refractivity contribution in [2.45, 2.75) is 25.7 Å². The Hall–Kier alpha value is -2.89. The van der Waals surface area contributed by atoms with Crippen LogP contribution < -0.4 is 10.6 Å². The maximum Gasteiger partial charge on any atom is 0.292 e. The Balaban J connectivity index is 1.52. The molecule has 0 radical (unpaired) electrons. The molecule has 124 valence electrons. The minimum atomic E-state index is -0.438. The first-order chi connectivity index (χ1) is 11.6. The van der Waals surface area contributed by atoms with Gasteiger partial charge >= 0.3 is 0 Å². The van der Waals surface area contributed by atoms with Crippen LogP contribution in [0.5, 0.6) is 0 Å². The first-order valence-electron chi connectivity index (χ1n) is 8.02. The van der Waals surface area contributed by atoms with Gasteiger partial charge in [-0.05, 0) is 48.6 Å². The van der Waals surface area contributed by atoms with Crippen molar-refractivity contribution < 1.29 is 9.72 Å². The molecular formula is C18H19N3O3. The number of hydrogen-bond acceptors (Lipinski definition) is 4. The maximum absolute atomic E-state index is 12.0. The summed E-state index contributed by atoms with van der Waals surface area (Å²) in [6.45, 7) is 0.335. The number of nitro benzene ring substituents is 1. The lowest BCUT2D eigenvalue weighted by Gasteiger charge is -2.09.